The van der Waals surface area contributed by atoms with Gasteiger partial charge in [-0.05, 0) is 31.2 Å². The van der Waals surface area contributed by atoms with Crippen molar-refractivity contribution in [1.29, 1.82) is 0 Å². The normalized spacial score (nSPS) is 16.9. The third-order valence-electron chi connectivity index (χ3n) is 5.96. The third-order valence-corrected chi connectivity index (χ3v) is 8.53. The van der Waals surface area contributed by atoms with Crippen molar-refractivity contribution in [3.8, 4) is 5.75 Å². The number of thiazole rings is 1. The molecule has 12 heteroatoms. The predicted octanol–water partition coefficient (Wildman–Crippen LogP) is 3.25. The van der Waals surface area contributed by atoms with Crippen molar-refractivity contribution in [1.82, 2.24) is 14.8 Å². The van der Waals surface area contributed by atoms with E-state index in [0.29, 0.717) is 44.5 Å². The molecule has 1 aromatic heterocycles. The number of rotatable bonds is 9. The molecule has 1 radical (unpaired) electrons. The largest absolute Gasteiger partial charge is 0.491 e. The summed E-state index contributed by atoms with van der Waals surface area (Å²) in [7, 11) is -3.89. The molecule has 195 valence electrons. The Hall–Kier alpha value is -2.25. The second-order valence-corrected chi connectivity index (χ2v) is 12.0. The molecule has 36 heavy (non-hydrogen) atoms. The second kappa shape index (κ2) is 11.0. The van der Waals surface area contributed by atoms with Gasteiger partial charge in [0, 0.05) is 51.4 Å². The van der Waals surface area contributed by atoms with Crippen LogP contribution in [0, 0.1) is 13.0 Å². The first-order chi connectivity index (χ1) is 17.0. The lowest BCUT2D eigenvalue weighted by Crippen LogP contribution is -2.50. The summed E-state index contributed by atoms with van der Waals surface area (Å²) in [6.45, 7) is 5.18. The molecule has 2 heterocycles. The number of piperazine rings is 1. The first-order valence-electron chi connectivity index (χ1n) is 11.4. The Balaban J connectivity index is 1.20. The Morgan fingerprint density at radius 3 is 2.61 bits per heavy atom. The lowest BCUT2D eigenvalue weighted by molar-refractivity contribution is -0.137. The lowest BCUT2D eigenvalue weighted by Gasteiger charge is -2.35. The Bertz CT molecular complexity index is 1290. The summed E-state index contributed by atoms with van der Waals surface area (Å²) in [6.07, 6.45) is -5.31. The number of fused-ring (bicyclic) bond motifs is 1. The summed E-state index contributed by atoms with van der Waals surface area (Å²) in [6, 6.07) is 10.5. The number of benzene rings is 2. The number of ether oxygens (including phenoxy) is 1. The van der Waals surface area contributed by atoms with E-state index in [1.807, 2.05) is 30.0 Å². The van der Waals surface area contributed by atoms with E-state index in [-0.39, 0.29) is 18.9 Å². The molecule has 1 N–H and O–H groups in total. The molecule has 1 aliphatic heterocycles. The molecule has 1 aliphatic rings. The van der Waals surface area contributed by atoms with E-state index >= 15 is 0 Å². The highest BCUT2D eigenvalue weighted by Gasteiger charge is 2.32. The van der Waals surface area contributed by atoms with Gasteiger partial charge in [0.2, 0.25) is 0 Å². The van der Waals surface area contributed by atoms with E-state index in [1.165, 1.54) is 0 Å². The molecular weight excluding hydrogens is 515 g/mol. The SMILES string of the molecule is Cc1nc2cc(OC[C@H](O)CN3CCN(CCS(=O)(=O)c4[c]ccc(C(F)(F)F)c4)CC3)ccc2s1. The Labute approximate surface area is 212 Å². The van der Waals surface area contributed by atoms with Gasteiger partial charge in [-0.15, -0.1) is 11.3 Å². The summed E-state index contributed by atoms with van der Waals surface area (Å²) in [5.41, 5.74) is -0.136. The minimum absolute atomic E-state index is 0.139. The van der Waals surface area contributed by atoms with Crippen molar-refractivity contribution in [2.75, 3.05) is 51.6 Å². The van der Waals surface area contributed by atoms with Gasteiger partial charge in [0.1, 0.15) is 18.5 Å². The smallest absolute Gasteiger partial charge is 0.416 e. The highest BCUT2D eigenvalue weighted by Crippen LogP contribution is 2.30. The van der Waals surface area contributed by atoms with E-state index in [9.17, 15) is 26.7 Å². The van der Waals surface area contributed by atoms with Crippen molar-refractivity contribution in [3.63, 3.8) is 0 Å². The van der Waals surface area contributed by atoms with E-state index in [4.69, 9.17) is 4.74 Å². The molecular formula is C24H27F3N3O4S2. The van der Waals surface area contributed by atoms with Gasteiger partial charge in [-0.2, -0.15) is 13.2 Å². The molecule has 3 aromatic rings. The van der Waals surface area contributed by atoms with Gasteiger partial charge in [0.05, 0.1) is 31.4 Å². The zero-order valence-corrected chi connectivity index (χ0v) is 21.3. The first-order valence-corrected chi connectivity index (χ1v) is 13.9. The second-order valence-electron chi connectivity index (χ2n) is 8.73. The maximum Gasteiger partial charge on any atom is 0.416 e. The monoisotopic (exact) mass is 542 g/mol. The van der Waals surface area contributed by atoms with Gasteiger partial charge in [0.25, 0.3) is 0 Å². The molecule has 0 unspecified atom stereocenters. The summed E-state index contributed by atoms with van der Waals surface area (Å²) in [4.78, 5) is 8.03. The topological polar surface area (TPSA) is 83.0 Å². The zero-order chi connectivity index (χ0) is 25.9. The van der Waals surface area contributed by atoms with Crippen molar-refractivity contribution in [2.24, 2.45) is 0 Å². The van der Waals surface area contributed by atoms with Gasteiger partial charge in [-0.25, -0.2) is 13.4 Å². The number of halogens is 3. The van der Waals surface area contributed by atoms with Crippen LogP contribution in [0.25, 0.3) is 10.2 Å². The predicted molar refractivity (Wildman–Crippen MR) is 131 cm³/mol. The summed E-state index contributed by atoms with van der Waals surface area (Å²) < 4.78 is 70.6. The molecule has 1 saturated heterocycles. The molecule has 2 aromatic carbocycles. The number of aryl methyl sites for hydroxylation is 1. The number of aliphatic hydroxyl groups excluding tert-OH is 1. The van der Waals surface area contributed by atoms with Crippen molar-refractivity contribution in [2.45, 2.75) is 24.1 Å². The van der Waals surface area contributed by atoms with E-state index < -0.39 is 32.6 Å². The van der Waals surface area contributed by atoms with Gasteiger partial charge >= 0.3 is 6.18 Å². The average Bonchev–Trinajstić information content (AvgIpc) is 3.21. The summed E-state index contributed by atoms with van der Waals surface area (Å²) >= 11 is 1.61. The molecule has 0 aliphatic carbocycles. The minimum atomic E-state index is -4.61. The molecule has 0 amide bonds. The van der Waals surface area contributed by atoms with Crippen molar-refractivity contribution < 1.29 is 31.4 Å². The fourth-order valence-corrected chi connectivity index (χ4v) is 6.09. The Morgan fingerprint density at radius 2 is 1.89 bits per heavy atom. The van der Waals surface area contributed by atoms with Crippen LogP contribution in [-0.4, -0.2) is 86.0 Å². The molecule has 0 bridgehead atoms. The van der Waals surface area contributed by atoms with E-state index in [2.05, 4.69) is 16.0 Å². The molecule has 7 nitrogen and oxygen atoms in total. The van der Waals surface area contributed by atoms with Crippen LogP contribution < -0.4 is 4.74 Å². The van der Waals surface area contributed by atoms with Crippen LogP contribution >= 0.6 is 11.3 Å². The number of β-amino-alcohol motifs (C(OH)–C–C–N with tert-alkyl or cyclic N) is 1. The van der Waals surface area contributed by atoms with Gasteiger partial charge < -0.3 is 9.84 Å². The van der Waals surface area contributed by atoms with Crippen LogP contribution in [0.2, 0.25) is 0 Å². The molecule has 4 rings (SSSR count). The van der Waals surface area contributed by atoms with E-state index in [0.717, 1.165) is 27.4 Å². The minimum Gasteiger partial charge on any atom is -0.491 e. The van der Waals surface area contributed by atoms with Crippen LogP contribution in [-0.2, 0) is 16.0 Å². The highest BCUT2D eigenvalue weighted by atomic mass is 32.2. The lowest BCUT2D eigenvalue weighted by atomic mass is 10.2. The summed E-state index contributed by atoms with van der Waals surface area (Å²) in [5, 5.41) is 11.4. The quantitative estimate of drug-likeness (QED) is 0.445. The van der Waals surface area contributed by atoms with Crippen LogP contribution in [0.3, 0.4) is 0 Å². The van der Waals surface area contributed by atoms with Crippen molar-refractivity contribution in [3.05, 3.63) is 53.0 Å². The number of sulfone groups is 1. The van der Waals surface area contributed by atoms with E-state index in [1.54, 1.807) is 11.3 Å². The van der Waals surface area contributed by atoms with Crippen LogP contribution in [0.4, 0.5) is 13.2 Å². The van der Waals surface area contributed by atoms with Gasteiger partial charge in [0.15, 0.2) is 9.84 Å². The molecule has 1 fully saturated rings. The number of nitrogens with zero attached hydrogens (tertiary/aromatic N) is 3. The fourth-order valence-electron chi connectivity index (χ4n) is 4.01. The summed E-state index contributed by atoms with van der Waals surface area (Å²) in [5.74, 6) is 0.361. The number of hydrogen-bond donors (Lipinski definition) is 1. The standard InChI is InChI=1S/C24H27F3N3O4S2/c1-17-28-22-14-20(5-6-23(22)35-17)34-16-19(31)15-30-9-7-29(8-10-30)11-12-36(32,33)21-4-2-3-18(13-21)24(25,26)27/h2-3,5-6,13-14,19,31H,7-12,15-16H2,1H3/t19-/m1/s1. The average molecular weight is 543 g/mol. The molecule has 1 atom stereocenters. The number of alkyl halides is 3. The van der Waals surface area contributed by atoms with Crippen LogP contribution in [0.5, 0.6) is 5.75 Å². The Morgan fingerprint density at radius 1 is 1.17 bits per heavy atom. The number of aromatic nitrogens is 1. The molecule has 0 spiro atoms. The third kappa shape index (κ3) is 6.94. The zero-order valence-electron chi connectivity index (χ0n) is 19.7. The highest BCUT2D eigenvalue weighted by molar-refractivity contribution is 7.91. The Kier molecular flexibility index (Phi) is 8.20. The maximum absolute atomic E-state index is 12.9. The number of aliphatic hydroxyl groups is 1. The number of hydrogen-bond acceptors (Lipinski definition) is 8. The van der Waals surface area contributed by atoms with Crippen LogP contribution in [0.1, 0.15) is 10.6 Å². The fraction of sp³-hybridized carbons (Fsp3) is 0.458. The van der Waals surface area contributed by atoms with Crippen molar-refractivity contribution >= 4 is 31.4 Å². The first kappa shape index (κ1) is 26.8. The maximum atomic E-state index is 12.9. The van der Waals surface area contributed by atoms with Gasteiger partial charge in [-0.3, -0.25) is 9.80 Å². The van der Waals surface area contributed by atoms with Gasteiger partial charge in [-0.1, -0.05) is 6.07 Å². The van der Waals surface area contributed by atoms with Crippen LogP contribution in [0.15, 0.2) is 41.3 Å². The molecule has 0 saturated carbocycles.